The first-order valence-electron chi connectivity index (χ1n) is 11.7. The summed E-state index contributed by atoms with van der Waals surface area (Å²) in [7, 11) is 0. The van der Waals surface area contributed by atoms with Crippen molar-refractivity contribution in [2.45, 2.75) is 25.8 Å². The van der Waals surface area contributed by atoms with Crippen LogP contribution in [0.5, 0.6) is 0 Å². The lowest BCUT2D eigenvalue weighted by molar-refractivity contribution is 0.0954. The van der Waals surface area contributed by atoms with Gasteiger partial charge in [-0.1, -0.05) is 17.7 Å². The molecule has 0 unspecified atom stereocenters. The Bertz CT molecular complexity index is 1350. The summed E-state index contributed by atoms with van der Waals surface area (Å²) in [6.45, 7) is 4.48. The van der Waals surface area contributed by atoms with Crippen LogP contribution >= 0.6 is 11.6 Å². The largest absolute Gasteiger partial charge is 0.369 e. The molecule has 9 heteroatoms. The summed E-state index contributed by atoms with van der Waals surface area (Å²) < 4.78 is 1.89. The van der Waals surface area contributed by atoms with Gasteiger partial charge in [0.2, 0.25) is 0 Å². The van der Waals surface area contributed by atoms with Crippen LogP contribution in [0.25, 0.3) is 0 Å². The van der Waals surface area contributed by atoms with Crippen LogP contribution in [0.2, 0.25) is 5.15 Å². The SMILES string of the molecule is CCNC(=O)c1ccc(N2C[C@@H]3C[C@H](C2)c2cccc(=O)n2C3)c(NC(=O)c2cccnc2Cl)c1. The summed E-state index contributed by atoms with van der Waals surface area (Å²) in [5, 5.41) is 5.87. The van der Waals surface area contributed by atoms with Gasteiger partial charge in [-0.05, 0) is 55.7 Å². The molecule has 2 atom stereocenters. The van der Waals surface area contributed by atoms with E-state index in [1.165, 1.54) is 6.20 Å². The molecule has 2 aromatic heterocycles. The van der Waals surface area contributed by atoms with E-state index >= 15 is 0 Å². The number of hydrogen-bond donors (Lipinski definition) is 2. The number of piperidine rings is 1. The van der Waals surface area contributed by atoms with Crippen LogP contribution in [0.1, 0.15) is 45.7 Å². The Morgan fingerprint density at radius 2 is 1.94 bits per heavy atom. The zero-order valence-corrected chi connectivity index (χ0v) is 20.1. The van der Waals surface area contributed by atoms with Crippen LogP contribution in [-0.2, 0) is 6.54 Å². The summed E-state index contributed by atoms with van der Waals surface area (Å²) in [6.07, 6.45) is 2.54. The fraction of sp³-hybridized carbons (Fsp3) is 0.308. The van der Waals surface area contributed by atoms with Crippen LogP contribution in [0.3, 0.4) is 0 Å². The fourth-order valence-corrected chi connectivity index (χ4v) is 5.36. The van der Waals surface area contributed by atoms with Gasteiger partial charge in [0.1, 0.15) is 5.15 Å². The van der Waals surface area contributed by atoms with E-state index in [1.807, 2.05) is 29.7 Å². The lowest BCUT2D eigenvalue weighted by Crippen LogP contribution is -2.47. The van der Waals surface area contributed by atoms with E-state index in [0.717, 1.165) is 24.3 Å². The number of benzene rings is 1. The monoisotopic (exact) mass is 491 g/mol. The molecule has 3 aromatic rings. The Labute approximate surface area is 207 Å². The van der Waals surface area contributed by atoms with Crippen LogP contribution in [0.15, 0.2) is 59.5 Å². The topological polar surface area (TPSA) is 96.3 Å². The molecule has 2 aliphatic heterocycles. The number of halogens is 1. The van der Waals surface area contributed by atoms with Crippen molar-refractivity contribution < 1.29 is 9.59 Å². The van der Waals surface area contributed by atoms with E-state index < -0.39 is 5.91 Å². The number of hydrogen-bond acceptors (Lipinski definition) is 5. The Morgan fingerprint density at radius 3 is 2.74 bits per heavy atom. The molecule has 2 aliphatic rings. The van der Waals surface area contributed by atoms with Gasteiger partial charge in [-0.25, -0.2) is 4.98 Å². The standard InChI is InChI=1S/C26H26ClN5O3/c1-2-28-25(34)17-8-9-22(20(12-17)30-26(35)19-5-4-10-29-24(19)27)31-13-16-11-18(15-31)21-6-3-7-23(33)32(21)14-16/h3-10,12,16,18H,2,11,13-15H2,1H3,(H,28,34)(H,30,35)/t16-,18+/m0/s1. The summed E-state index contributed by atoms with van der Waals surface area (Å²) in [5.74, 6) is -0.0965. The maximum Gasteiger partial charge on any atom is 0.258 e. The zero-order valence-electron chi connectivity index (χ0n) is 19.3. The van der Waals surface area contributed by atoms with Crippen LogP contribution < -0.4 is 21.1 Å². The summed E-state index contributed by atoms with van der Waals surface area (Å²) in [5.41, 5.74) is 3.16. The highest BCUT2D eigenvalue weighted by Crippen LogP contribution is 2.39. The Balaban J connectivity index is 1.50. The third-order valence-electron chi connectivity index (χ3n) is 6.67. The average Bonchev–Trinajstić information content (AvgIpc) is 2.85. The molecule has 0 aliphatic carbocycles. The summed E-state index contributed by atoms with van der Waals surface area (Å²) in [4.78, 5) is 44.2. The number of amides is 2. The molecule has 1 aromatic carbocycles. The Morgan fingerprint density at radius 1 is 1.09 bits per heavy atom. The minimum absolute atomic E-state index is 0.0400. The smallest absolute Gasteiger partial charge is 0.258 e. The second-order valence-electron chi connectivity index (χ2n) is 8.99. The average molecular weight is 492 g/mol. The zero-order chi connectivity index (χ0) is 24.5. The highest BCUT2D eigenvalue weighted by molar-refractivity contribution is 6.33. The predicted molar refractivity (Wildman–Crippen MR) is 135 cm³/mol. The predicted octanol–water partition coefficient (Wildman–Crippen LogP) is 3.52. The van der Waals surface area contributed by atoms with Gasteiger partial charge in [-0.3, -0.25) is 14.4 Å². The number of anilines is 2. The molecule has 2 bridgehead atoms. The molecule has 180 valence electrons. The molecule has 4 heterocycles. The van der Waals surface area contributed by atoms with Gasteiger partial charge >= 0.3 is 0 Å². The molecular formula is C26H26ClN5O3. The first-order chi connectivity index (χ1) is 16.9. The van der Waals surface area contributed by atoms with Crippen molar-refractivity contribution in [1.82, 2.24) is 14.9 Å². The second-order valence-corrected chi connectivity index (χ2v) is 9.35. The first-order valence-corrected chi connectivity index (χ1v) is 12.1. The molecule has 1 saturated heterocycles. The van der Waals surface area contributed by atoms with Gasteiger partial charge < -0.3 is 20.1 Å². The number of rotatable bonds is 5. The van der Waals surface area contributed by atoms with Crippen molar-refractivity contribution >= 4 is 34.8 Å². The van der Waals surface area contributed by atoms with E-state index in [0.29, 0.717) is 36.8 Å². The number of nitrogens with zero attached hydrogens (tertiary/aromatic N) is 3. The number of pyridine rings is 2. The van der Waals surface area contributed by atoms with Crippen LogP contribution in [0.4, 0.5) is 11.4 Å². The lowest BCUT2D eigenvalue weighted by atomic mass is 9.83. The summed E-state index contributed by atoms with van der Waals surface area (Å²) >= 11 is 6.15. The number of fused-ring (bicyclic) bond motifs is 4. The van der Waals surface area contributed by atoms with Crippen molar-refractivity contribution in [3.8, 4) is 0 Å². The maximum atomic E-state index is 13.1. The molecule has 2 N–H and O–H groups in total. The van der Waals surface area contributed by atoms with Crippen molar-refractivity contribution in [2.24, 2.45) is 5.92 Å². The van der Waals surface area contributed by atoms with E-state index in [4.69, 9.17) is 11.6 Å². The van der Waals surface area contributed by atoms with Gasteiger partial charge in [0.15, 0.2) is 0 Å². The quantitative estimate of drug-likeness (QED) is 0.532. The molecule has 5 rings (SSSR count). The van der Waals surface area contributed by atoms with E-state index in [1.54, 1.807) is 30.3 Å². The van der Waals surface area contributed by atoms with Gasteiger partial charge in [-0.2, -0.15) is 0 Å². The van der Waals surface area contributed by atoms with Gasteiger partial charge in [0, 0.05) is 55.6 Å². The van der Waals surface area contributed by atoms with E-state index in [2.05, 4.69) is 20.5 Å². The van der Waals surface area contributed by atoms with Crippen LogP contribution in [0, 0.1) is 5.92 Å². The Kier molecular flexibility index (Phi) is 6.30. The molecule has 0 spiro atoms. The van der Waals surface area contributed by atoms with E-state index in [-0.39, 0.29) is 28.1 Å². The van der Waals surface area contributed by atoms with Gasteiger partial charge in [0.25, 0.3) is 17.4 Å². The highest BCUT2D eigenvalue weighted by Gasteiger charge is 2.35. The second kappa shape index (κ2) is 9.54. The minimum Gasteiger partial charge on any atom is -0.369 e. The molecular weight excluding hydrogens is 466 g/mol. The van der Waals surface area contributed by atoms with Gasteiger partial charge in [-0.15, -0.1) is 0 Å². The fourth-order valence-electron chi connectivity index (χ4n) is 5.15. The summed E-state index contributed by atoms with van der Waals surface area (Å²) in [6, 6.07) is 14.1. The van der Waals surface area contributed by atoms with Crippen molar-refractivity contribution in [3.05, 3.63) is 87.1 Å². The minimum atomic E-state index is -0.397. The lowest BCUT2D eigenvalue weighted by Gasteiger charge is -2.44. The molecule has 0 saturated carbocycles. The number of aromatic nitrogens is 2. The number of carbonyl (C=O) groups excluding carboxylic acids is 2. The molecule has 2 amide bonds. The van der Waals surface area contributed by atoms with Crippen LogP contribution in [-0.4, -0.2) is 41.0 Å². The first kappa shape index (κ1) is 23.1. The van der Waals surface area contributed by atoms with Crippen molar-refractivity contribution in [3.63, 3.8) is 0 Å². The molecule has 0 radical (unpaired) electrons. The van der Waals surface area contributed by atoms with Crippen molar-refractivity contribution in [2.75, 3.05) is 29.9 Å². The maximum absolute atomic E-state index is 13.1. The van der Waals surface area contributed by atoms with Gasteiger partial charge in [0.05, 0.1) is 16.9 Å². The Hall–Kier alpha value is -3.65. The van der Waals surface area contributed by atoms with Crippen molar-refractivity contribution in [1.29, 1.82) is 0 Å². The molecule has 35 heavy (non-hydrogen) atoms. The highest BCUT2D eigenvalue weighted by atomic mass is 35.5. The third-order valence-corrected chi connectivity index (χ3v) is 6.97. The molecule has 1 fully saturated rings. The molecule has 8 nitrogen and oxygen atoms in total. The number of nitrogens with one attached hydrogen (secondary N) is 2. The number of carbonyl (C=O) groups is 2. The van der Waals surface area contributed by atoms with E-state index in [9.17, 15) is 14.4 Å². The normalized spacial score (nSPS) is 18.5. The third kappa shape index (κ3) is 4.53.